The number of para-hydroxylation sites is 2. The smallest absolute Gasteiger partial charge is 0.230 e. The van der Waals surface area contributed by atoms with Crippen molar-refractivity contribution < 1.29 is 9.53 Å². The molecule has 0 aliphatic rings. The summed E-state index contributed by atoms with van der Waals surface area (Å²) >= 11 is 1.38. The number of carbonyl (C=O) groups excluding carboxylic acids is 1. The highest BCUT2D eigenvalue weighted by molar-refractivity contribution is 8.00. The van der Waals surface area contributed by atoms with Gasteiger partial charge >= 0.3 is 0 Å². The Labute approximate surface area is 116 Å². The summed E-state index contributed by atoms with van der Waals surface area (Å²) in [7, 11) is 1.66. The molecule has 6 heteroatoms. The van der Waals surface area contributed by atoms with Crippen molar-refractivity contribution in [1.82, 2.24) is 9.55 Å². The number of methoxy groups -OCH3 is 1. The molecule has 0 saturated carbocycles. The van der Waals surface area contributed by atoms with Crippen molar-refractivity contribution in [1.29, 1.82) is 0 Å². The van der Waals surface area contributed by atoms with Crippen molar-refractivity contribution in [3.63, 3.8) is 0 Å². The van der Waals surface area contributed by atoms with E-state index in [4.69, 9.17) is 10.5 Å². The predicted octanol–water partition coefficient (Wildman–Crippen LogP) is 1.65. The highest BCUT2D eigenvalue weighted by atomic mass is 32.2. The molecule has 0 spiro atoms. The average Bonchev–Trinajstić information content (AvgIpc) is 2.73. The first-order valence-electron chi connectivity index (χ1n) is 6.03. The van der Waals surface area contributed by atoms with Crippen molar-refractivity contribution in [2.24, 2.45) is 5.73 Å². The number of imidazole rings is 1. The number of primary amides is 1. The Bertz CT molecular complexity index is 582. The minimum Gasteiger partial charge on any atom is -0.383 e. The van der Waals surface area contributed by atoms with E-state index < -0.39 is 0 Å². The van der Waals surface area contributed by atoms with E-state index in [0.29, 0.717) is 13.2 Å². The number of nitrogens with two attached hydrogens (primary N) is 1. The molecule has 0 unspecified atom stereocenters. The second-order valence-electron chi connectivity index (χ2n) is 4.19. The average molecular weight is 279 g/mol. The van der Waals surface area contributed by atoms with Gasteiger partial charge in [-0.1, -0.05) is 23.9 Å². The first kappa shape index (κ1) is 13.9. The maximum Gasteiger partial charge on any atom is 0.230 e. The summed E-state index contributed by atoms with van der Waals surface area (Å²) in [5.41, 5.74) is 7.26. The van der Waals surface area contributed by atoms with E-state index in [1.54, 1.807) is 14.0 Å². The Morgan fingerprint density at radius 3 is 2.95 bits per heavy atom. The molecule has 1 aromatic carbocycles. The number of rotatable bonds is 6. The van der Waals surface area contributed by atoms with Crippen LogP contribution in [0.5, 0.6) is 0 Å². The molecule has 2 N–H and O–H groups in total. The van der Waals surface area contributed by atoms with Crippen LogP contribution in [0.15, 0.2) is 29.4 Å². The van der Waals surface area contributed by atoms with Crippen LogP contribution in [0, 0.1) is 0 Å². The van der Waals surface area contributed by atoms with Crippen LogP contribution in [-0.4, -0.2) is 34.4 Å². The van der Waals surface area contributed by atoms with Gasteiger partial charge in [0.1, 0.15) is 0 Å². The summed E-state index contributed by atoms with van der Waals surface area (Å²) in [6.45, 7) is 3.08. The van der Waals surface area contributed by atoms with Crippen LogP contribution in [0.2, 0.25) is 0 Å². The lowest BCUT2D eigenvalue weighted by Crippen LogP contribution is -2.23. The van der Waals surface area contributed by atoms with Crippen molar-refractivity contribution in [3.05, 3.63) is 24.3 Å². The van der Waals surface area contributed by atoms with Gasteiger partial charge in [0.2, 0.25) is 5.91 Å². The minimum atomic E-state index is -0.338. The van der Waals surface area contributed by atoms with Gasteiger partial charge in [-0.05, 0) is 19.1 Å². The van der Waals surface area contributed by atoms with Gasteiger partial charge in [-0.3, -0.25) is 4.79 Å². The maximum absolute atomic E-state index is 11.2. The maximum atomic E-state index is 11.2. The van der Waals surface area contributed by atoms with Crippen molar-refractivity contribution in [3.8, 4) is 0 Å². The molecule has 1 heterocycles. The third kappa shape index (κ3) is 3.08. The fourth-order valence-electron chi connectivity index (χ4n) is 1.76. The van der Waals surface area contributed by atoms with Gasteiger partial charge < -0.3 is 15.0 Å². The third-order valence-electron chi connectivity index (χ3n) is 2.82. The molecule has 1 amide bonds. The highest BCUT2D eigenvalue weighted by Crippen LogP contribution is 2.26. The Morgan fingerprint density at radius 2 is 2.26 bits per heavy atom. The number of ether oxygens (including phenoxy) is 1. The number of nitrogens with zero attached hydrogens (tertiary/aromatic N) is 2. The number of hydrogen-bond acceptors (Lipinski definition) is 4. The number of aromatic nitrogens is 2. The molecular weight excluding hydrogens is 262 g/mol. The zero-order valence-corrected chi connectivity index (χ0v) is 11.8. The van der Waals surface area contributed by atoms with Gasteiger partial charge in [-0.2, -0.15) is 0 Å². The van der Waals surface area contributed by atoms with Gasteiger partial charge in [0.05, 0.1) is 22.9 Å². The zero-order valence-electron chi connectivity index (χ0n) is 11.0. The van der Waals surface area contributed by atoms with Gasteiger partial charge in [0.15, 0.2) is 5.16 Å². The second kappa shape index (κ2) is 6.08. The van der Waals surface area contributed by atoms with Crippen LogP contribution in [0.4, 0.5) is 0 Å². The normalized spacial score (nSPS) is 12.7. The number of fused-ring (bicyclic) bond motifs is 1. The van der Waals surface area contributed by atoms with E-state index in [9.17, 15) is 4.79 Å². The third-order valence-corrected chi connectivity index (χ3v) is 3.93. The summed E-state index contributed by atoms with van der Waals surface area (Å²) in [6.07, 6.45) is 0. The van der Waals surface area contributed by atoms with Gasteiger partial charge in [-0.15, -0.1) is 0 Å². The first-order valence-corrected chi connectivity index (χ1v) is 6.91. The molecule has 0 fully saturated rings. The largest absolute Gasteiger partial charge is 0.383 e. The summed E-state index contributed by atoms with van der Waals surface area (Å²) in [4.78, 5) is 15.7. The number of hydrogen-bond donors (Lipinski definition) is 1. The minimum absolute atomic E-state index is 0.307. The lowest BCUT2D eigenvalue weighted by atomic mass is 10.3. The molecule has 5 nitrogen and oxygen atoms in total. The van der Waals surface area contributed by atoms with Crippen LogP contribution >= 0.6 is 11.8 Å². The molecule has 1 aromatic heterocycles. The summed E-state index contributed by atoms with van der Waals surface area (Å²) in [5.74, 6) is -0.338. The van der Waals surface area contributed by atoms with E-state index in [1.165, 1.54) is 11.8 Å². The topological polar surface area (TPSA) is 70.1 Å². The fraction of sp³-hybridized carbons (Fsp3) is 0.385. The Hall–Kier alpha value is -1.53. The quantitative estimate of drug-likeness (QED) is 0.816. The molecular formula is C13H17N3O2S. The van der Waals surface area contributed by atoms with E-state index in [-0.39, 0.29) is 11.2 Å². The van der Waals surface area contributed by atoms with E-state index in [1.807, 2.05) is 24.3 Å². The first-order chi connectivity index (χ1) is 9.13. The zero-order chi connectivity index (χ0) is 13.8. The van der Waals surface area contributed by atoms with Crippen molar-refractivity contribution in [2.75, 3.05) is 13.7 Å². The highest BCUT2D eigenvalue weighted by Gasteiger charge is 2.17. The van der Waals surface area contributed by atoms with E-state index in [0.717, 1.165) is 16.2 Å². The van der Waals surface area contributed by atoms with E-state index in [2.05, 4.69) is 9.55 Å². The Balaban J connectivity index is 2.37. The molecule has 102 valence electrons. The van der Waals surface area contributed by atoms with Crippen LogP contribution in [-0.2, 0) is 16.1 Å². The molecule has 2 aromatic rings. The second-order valence-corrected chi connectivity index (χ2v) is 5.50. The van der Waals surface area contributed by atoms with Gasteiger partial charge in [0, 0.05) is 13.7 Å². The Kier molecular flexibility index (Phi) is 4.44. The van der Waals surface area contributed by atoms with Crippen molar-refractivity contribution >= 4 is 28.7 Å². The summed E-state index contributed by atoms with van der Waals surface area (Å²) in [6, 6.07) is 7.88. The van der Waals surface area contributed by atoms with Crippen LogP contribution in [0.1, 0.15) is 6.92 Å². The van der Waals surface area contributed by atoms with E-state index >= 15 is 0 Å². The molecule has 0 bridgehead atoms. The molecule has 0 saturated heterocycles. The SMILES string of the molecule is COCCn1c(S[C@H](C)C(N)=O)nc2ccccc21. The number of benzene rings is 1. The summed E-state index contributed by atoms with van der Waals surface area (Å²) < 4.78 is 7.18. The standard InChI is InChI=1S/C13H17N3O2S/c1-9(12(14)17)19-13-15-10-5-3-4-6-11(10)16(13)7-8-18-2/h3-6,9H,7-8H2,1-2H3,(H2,14,17)/t9-/m1/s1. The molecule has 19 heavy (non-hydrogen) atoms. The summed E-state index contributed by atoms with van der Waals surface area (Å²) in [5, 5.41) is 0.489. The monoisotopic (exact) mass is 279 g/mol. The fourth-order valence-corrected chi connectivity index (χ4v) is 2.66. The van der Waals surface area contributed by atoms with Gasteiger partial charge in [-0.25, -0.2) is 4.98 Å². The van der Waals surface area contributed by atoms with Crippen LogP contribution < -0.4 is 5.73 Å². The lowest BCUT2D eigenvalue weighted by molar-refractivity contribution is -0.117. The van der Waals surface area contributed by atoms with Crippen LogP contribution in [0.3, 0.4) is 0 Å². The molecule has 0 aliphatic heterocycles. The molecule has 1 atom stereocenters. The number of carbonyl (C=O) groups is 1. The molecule has 0 aliphatic carbocycles. The lowest BCUT2D eigenvalue weighted by Gasteiger charge is -2.10. The van der Waals surface area contributed by atoms with Crippen molar-refractivity contribution in [2.45, 2.75) is 23.9 Å². The van der Waals surface area contributed by atoms with Gasteiger partial charge in [0.25, 0.3) is 0 Å². The predicted molar refractivity (Wildman–Crippen MR) is 76.1 cm³/mol. The number of amides is 1. The molecule has 0 radical (unpaired) electrons. The van der Waals surface area contributed by atoms with Crippen LogP contribution in [0.25, 0.3) is 11.0 Å². The molecule has 2 rings (SSSR count). The number of thioether (sulfide) groups is 1. The Morgan fingerprint density at radius 1 is 1.53 bits per heavy atom.